The minimum absolute atomic E-state index is 0.269. The third-order valence-corrected chi connectivity index (χ3v) is 4.05. The van der Waals surface area contributed by atoms with Crippen molar-refractivity contribution in [3.63, 3.8) is 0 Å². The van der Waals surface area contributed by atoms with Crippen LogP contribution in [0.25, 0.3) is 6.08 Å². The van der Waals surface area contributed by atoms with Gasteiger partial charge >= 0.3 is 5.97 Å². The van der Waals surface area contributed by atoms with E-state index in [2.05, 4.69) is 4.74 Å². The highest BCUT2D eigenvalue weighted by atomic mass is 32.2. The van der Waals surface area contributed by atoms with Gasteiger partial charge in [-0.05, 0) is 42.5 Å². The van der Waals surface area contributed by atoms with Gasteiger partial charge in [0.1, 0.15) is 11.8 Å². The highest BCUT2D eigenvalue weighted by molar-refractivity contribution is 8.18. The van der Waals surface area contributed by atoms with E-state index in [1.54, 1.807) is 37.5 Å². The standard InChI is InChI=1S/C15H15NO5S/c1-9(14(18)21-3)16-13(17)12(22-15(16)19)8-10-4-6-11(20-2)7-5-10/h4-9H,1-3H3/b12-8+/t9-/m1/s1. The molecule has 0 N–H and O–H groups in total. The fraction of sp³-hybridized carbons (Fsp3) is 0.267. The number of benzene rings is 1. The first-order chi connectivity index (χ1) is 10.5. The molecule has 1 aromatic carbocycles. The maximum atomic E-state index is 12.3. The van der Waals surface area contributed by atoms with Gasteiger partial charge in [-0.3, -0.25) is 14.5 Å². The fourth-order valence-electron chi connectivity index (χ4n) is 1.94. The van der Waals surface area contributed by atoms with Gasteiger partial charge in [-0.1, -0.05) is 12.1 Å². The van der Waals surface area contributed by atoms with Crippen molar-refractivity contribution in [2.45, 2.75) is 13.0 Å². The summed E-state index contributed by atoms with van der Waals surface area (Å²) in [5, 5.41) is -0.484. The van der Waals surface area contributed by atoms with Crippen LogP contribution in [-0.2, 0) is 14.3 Å². The van der Waals surface area contributed by atoms with Gasteiger partial charge < -0.3 is 9.47 Å². The number of ether oxygens (including phenoxy) is 2. The Hall–Kier alpha value is -2.28. The Kier molecular flexibility index (Phi) is 4.87. The van der Waals surface area contributed by atoms with Crippen molar-refractivity contribution < 1.29 is 23.9 Å². The molecule has 0 aromatic heterocycles. The minimum Gasteiger partial charge on any atom is -0.497 e. The average molecular weight is 321 g/mol. The molecule has 0 spiro atoms. The number of esters is 1. The molecule has 0 radical (unpaired) electrons. The summed E-state index contributed by atoms with van der Waals surface area (Å²) in [6.07, 6.45) is 1.61. The Morgan fingerprint density at radius 3 is 2.41 bits per heavy atom. The quantitative estimate of drug-likeness (QED) is 0.626. The Bertz CT molecular complexity index is 638. The smallest absolute Gasteiger partial charge is 0.328 e. The molecule has 1 fully saturated rings. The second kappa shape index (κ2) is 6.65. The van der Waals surface area contributed by atoms with Gasteiger partial charge in [0.25, 0.3) is 11.1 Å². The van der Waals surface area contributed by atoms with Crippen LogP contribution in [0.15, 0.2) is 29.2 Å². The van der Waals surface area contributed by atoms with Crippen LogP contribution in [0.4, 0.5) is 4.79 Å². The fourth-order valence-corrected chi connectivity index (χ4v) is 2.85. The molecule has 2 rings (SSSR count). The van der Waals surface area contributed by atoms with Gasteiger partial charge in [0.2, 0.25) is 0 Å². The largest absolute Gasteiger partial charge is 0.497 e. The molecule has 7 heteroatoms. The number of rotatable bonds is 4. The SMILES string of the molecule is COC(=O)[C@@H](C)N1C(=O)S/C(=C/c2ccc(OC)cc2)C1=O. The maximum absolute atomic E-state index is 12.3. The molecular weight excluding hydrogens is 306 g/mol. The zero-order valence-electron chi connectivity index (χ0n) is 12.4. The van der Waals surface area contributed by atoms with Crippen LogP contribution in [-0.4, -0.2) is 42.3 Å². The molecule has 1 aliphatic rings. The number of imide groups is 1. The summed E-state index contributed by atoms with van der Waals surface area (Å²) in [7, 11) is 2.78. The number of nitrogens with zero attached hydrogens (tertiary/aromatic N) is 1. The number of thioether (sulfide) groups is 1. The Morgan fingerprint density at radius 2 is 1.86 bits per heavy atom. The van der Waals surface area contributed by atoms with Crippen molar-refractivity contribution in [3.05, 3.63) is 34.7 Å². The van der Waals surface area contributed by atoms with Crippen molar-refractivity contribution in [1.82, 2.24) is 4.90 Å². The second-order valence-electron chi connectivity index (χ2n) is 4.52. The van der Waals surface area contributed by atoms with E-state index in [1.165, 1.54) is 14.0 Å². The Morgan fingerprint density at radius 1 is 1.23 bits per heavy atom. The number of carbonyl (C=O) groups excluding carboxylic acids is 3. The summed E-state index contributed by atoms with van der Waals surface area (Å²) in [6.45, 7) is 1.46. The van der Waals surface area contributed by atoms with Crippen molar-refractivity contribution in [2.75, 3.05) is 14.2 Å². The normalized spacial score (nSPS) is 17.8. The maximum Gasteiger partial charge on any atom is 0.328 e. The van der Waals surface area contributed by atoms with Crippen molar-refractivity contribution in [1.29, 1.82) is 0 Å². The van der Waals surface area contributed by atoms with Crippen LogP contribution in [0.5, 0.6) is 5.75 Å². The molecule has 116 valence electrons. The van der Waals surface area contributed by atoms with Gasteiger partial charge in [-0.2, -0.15) is 0 Å². The highest BCUT2D eigenvalue weighted by Crippen LogP contribution is 2.33. The third kappa shape index (κ3) is 3.14. The summed E-state index contributed by atoms with van der Waals surface area (Å²) >= 11 is 0.802. The summed E-state index contributed by atoms with van der Waals surface area (Å²) in [4.78, 5) is 36.9. The predicted molar refractivity (Wildman–Crippen MR) is 82.3 cm³/mol. The molecule has 22 heavy (non-hydrogen) atoms. The van der Waals surface area contributed by atoms with E-state index in [0.717, 1.165) is 22.2 Å². The van der Waals surface area contributed by atoms with Crippen molar-refractivity contribution in [2.24, 2.45) is 0 Å². The Labute approximate surface area is 132 Å². The summed E-state index contributed by atoms with van der Waals surface area (Å²) in [5.41, 5.74) is 0.761. The number of hydrogen-bond donors (Lipinski definition) is 0. The lowest BCUT2D eigenvalue weighted by Gasteiger charge is -2.18. The molecule has 1 heterocycles. The summed E-state index contributed by atoms with van der Waals surface area (Å²) < 4.78 is 9.63. The van der Waals surface area contributed by atoms with Crippen LogP contribution in [0.3, 0.4) is 0 Å². The first-order valence-electron chi connectivity index (χ1n) is 6.47. The molecule has 1 atom stereocenters. The zero-order chi connectivity index (χ0) is 16.3. The van der Waals surface area contributed by atoms with E-state index in [-0.39, 0.29) is 4.91 Å². The van der Waals surface area contributed by atoms with E-state index < -0.39 is 23.2 Å². The molecule has 1 aliphatic heterocycles. The summed E-state index contributed by atoms with van der Waals surface area (Å²) in [5.74, 6) is -0.429. The third-order valence-electron chi connectivity index (χ3n) is 3.17. The van der Waals surface area contributed by atoms with E-state index in [9.17, 15) is 14.4 Å². The van der Waals surface area contributed by atoms with E-state index in [0.29, 0.717) is 5.75 Å². The van der Waals surface area contributed by atoms with Crippen LogP contribution in [0.2, 0.25) is 0 Å². The molecular formula is C15H15NO5S. The average Bonchev–Trinajstić information content (AvgIpc) is 2.80. The van der Waals surface area contributed by atoms with E-state index in [4.69, 9.17) is 4.74 Å². The predicted octanol–water partition coefficient (Wildman–Crippen LogP) is 2.29. The lowest BCUT2D eigenvalue weighted by atomic mass is 10.2. The lowest BCUT2D eigenvalue weighted by molar-refractivity contribution is -0.148. The van der Waals surface area contributed by atoms with Gasteiger partial charge in [0, 0.05) is 0 Å². The number of carbonyl (C=O) groups is 3. The van der Waals surface area contributed by atoms with Crippen LogP contribution in [0.1, 0.15) is 12.5 Å². The lowest BCUT2D eigenvalue weighted by Crippen LogP contribution is -2.42. The molecule has 6 nitrogen and oxygen atoms in total. The van der Waals surface area contributed by atoms with Gasteiger partial charge in [-0.15, -0.1) is 0 Å². The highest BCUT2D eigenvalue weighted by Gasteiger charge is 2.41. The van der Waals surface area contributed by atoms with E-state index in [1.807, 2.05) is 0 Å². The number of hydrogen-bond acceptors (Lipinski definition) is 6. The van der Waals surface area contributed by atoms with Crippen molar-refractivity contribution >= 4 is 35.0 Å². The molecule has 0 bridgehead atoms. The van der Waals surface area contributed by atoms with Gasteiger partial charge in [0.05, 0.1) is 19.1 Å². The first kappa shape index (κ1) is 16.1. The van der Waals surface area contributed by atoms with Gasteiger partial charge in [0.15, 0.2) is 0 Å². The molecule has 0 saturated carbocycles. The number of methoxy groups -OCH3 is 2. The van der Waals surface area contributed by atoms with Crippen LogP contribution >= 0.6 is 11.8 Å². The topological polar surface area (TPSA) is 72.9 Å². The second-order valence-corrected chi connectivity index (χ2v) is 5.52. The number of amides is 2. The molecule has 0 unspecified atom stereocenters. The van der Waals surface area contributed by atoms with Crippen LogP contribution < -0.4 is 4.74 Å². The monoisotopic (exact) mass is 321 g/mol. The summed E-state index contributed by atoms with van der Waals surface area (Å²) in [6, 6.07) is 6.12. The van der Waals surface area contributed by atoms with Crippen molar-refractivity contribution in [3.8, 4) is 5.75 Å². The zero-order valence-corrected chi connectivity index (χ0v) is 13.2. The molecule has 0 aliphatic carbocycles. The minimum atomic E-state index is -0.945. The van der Waals surface area contributed by atoms with Crippen LogP contribution in [0, 0.1) is 0 Å². The molecule has 1 saturated heterocycles. The first-order valence-corrected chi connectivity index (χ1v) is 7.28. The Balaban J connectivity index is 2.23. The molecule has 2 amide bonds. The van der Waals surface area contributed by atoms with Gasteiger partial charge in [-0.25, -0.2) is 4.79 Å². The molecule has 1 aromatic rings. The van der Waals surface area contributed by atoms with E-state index >= 15 is 0 Å².